The molecule has 1 aromatic heterocycles. The highest BCUT2D eigenvalue weighted by Gasteiger charge is 2.34. The number of rotatable bonds is 4. The first-order valence-electron chi connectivity index (χ1n) is 5.98. The van der Waals surface area contributed by atoms with Gasteiger partial charge in [0.15, 0.2) is 0 Å². The van der Waals surface area contributed by atoms with Crippen molar-refractivity contribution < 1.29 is 22.7 Å². The molecular weight excluding hydrogens is 285 g/mol. The van der Waals surface area contributed by atoms with Crippen molar-refractivity contribution >= 4 is 5.69 Å². The molecule has 0 fully saturated rings. The van der Waals surface area contributed by atoms with Gasteiger partial charge in [-0.3, -0.25) is 0 Å². The zero-order valence-corrected chi connectivity index (χ0v) is 10.7. The number of halogens is 3. The van der Waals surface area contributed by atoms with E-state index in [4.69, 9.17) is 9.68 Å². The average molecular weight is 296 g/mol. The maximum atomic E-state index is 12.9. The third-order valence-corrected chi connectivity index (χ3v) is 2.81. The molecule has 0 aliphatic carbocycles. The van der Waals surface area contributed by atoms with Crippen molar-refractivity contribution in [1.29, 1.82) is 5.26 Å². The summed E-state index contributed by atoms with van der Waals surface area (Å²) in [6, 6.07) is 7.96. The molecule has 0 bridgehead atoms. The molecule has 2 rings (SSSR count). The lowest BCUT2D eigenvalue weighted by Gasteiger charge is -2.16. The van der Waals surface area contributed by atoms with E-state index in [1.165, 1.54) is 18.4 Å². The maximum Gasteiger partial charge on any atom is 0.418 e. The van der Waals surface area contributed by atoms with Crippen molar-refractivity contribution in [3.8, 4) is 6.07 Å². The van der Waals surface area contributed by atoms with Crippen LogP contribution in [-0.2, 0) is 6.18 Å². The van der Waals surface area contributed by atoms with Crippen LogP contribution in [0.15, 0.2) is 41.0 Å². The predicted molar refractivity (Wildman–Crippen MR) is 68.3 cm³/mol. The van der Waals surface area contributed by atoms with Gasteiger partial charge in [-0.05, 0) is 30.3 Å². The average Bonchev–Trinajstić information content (AvgIpc) is 2.97. The number of nitrogens with zero attached hydrogens (tertiary/aromatic N) is 1. The van der Waals surface area contributed by atoms with Crippen molar-refractivity contribution in [2.75, 3.05) is 11.9 Å². The van der Waals surface area contributed by atoms with Crippen molar-refractivity contribution in [3.63, 3.8) is 0 Å². The van der Waals surface area contributed by atoms with Crippen LogP contribution in [0.5, 0.6) is 0 Å². The number of furan rings is 1. The van der Waals surface area contributed by atoms with Crippen LogP contribution in [0.2, 0.25) is 0 Å². The van der Waals surface area contributed by atoms with Gasteiger partial charge in [0, 0.05) is 12.2 Å². The predicted octanol–water partition coefficient (Wildman–Crippen LogP) is 3.32. The number of benzene rings is 1. The van der Waals surface area contributed by atoms with Gasteiger partial charge in [-0.15, -0.1) is 0 Å². The molecule has 0 aliphatic rings. The van der Waals surface area contributed by atoms with E-state index >= 15 is 0 Å². The van der Waals surface area contributed by atoms with Crippen LogP contribution < -0.4 is 5.32 Å². The fraction of sp³-hybridized carbons (Fsp3) is 0.214. The first kappa shape index (κ1) is 14.9. The Hall–Kier alpha value is -2.46. The Morgan fingerprint density at radius 3 is 2.67 bits per heavy atom. The fourth-order valence-electron chi connectivity index (χ4n) is 1.79. The zero-order chi connectivity index (χ0) is 15.5. The summed E-state index contributed by atoms with van der Waals surface area (Å²) in [6.45, 7) is -0.150. The topological polar surface area (TPSA) is 69.2 Å². The highest BCUT2D eigenvalue weighted by molar-refractivity contribution is 5.56. The number of aliphatic hydroxyl groups is 1. The van der Waals surface area contributed by atoms with E-state index in [-0.39, 0.29) is 23.6 Å². The summed E-state index contributed by atoms with van der Waals surface area (Å²) < 4.78 is 43.8. The largest absolute Gasteiger partial charge is 0.467 e. The number of aliphatic hydroxyl groups excluding tert-OH is 1. The van der Waals surface area contributed by atoms with Crippen LogP contribution in [0, 0.1) is 11.3 Å². The third-order valence-electron chi connectivity index (χ3n) is 2.81. The molecule has 21 heavy (non-hydrogen) atoms. The molecule has 110 valence electrons. The molecule has 0 radical (unpaired) electrons. The van der Waals surface area contributed by atoms with E-state index in [2.05, 4.69) is 5.32 Å². The van der Waals surface area contributed by atoms with Gasteiger partial charge in [0.05, 0.1) is 23.5 Å². The summed E-state index contributed by atoms with van der Waals surface area (Å²) in [5.74, 6) is 0.254. The molecule has 0 amide bonds. The lowest BCUT2D eigenvalue weighted by molar-refractivity contribution is -0.137. The highest BCUT2D eigenvalue weighted by atomic mass is 19.4. The second-order valence-electron chi connectivity index (χ2n) is 4.28. The molecule has 0 saturated heterocycles. The molecule has 0 aliphatic heterocycles. The quantitative estimate of drug-likeness (QED) is 0.908. The summed E-state index contributed by atoms with van der Waals surface area (Å²) in [5.41, 5.74) is -1.24. The Labute approximate surface area is 118 Å². The van der Waals surface area contributed by atoms with Crippen LogP contribution in [0.25, 0.3) is 0 Å². The Balaban J connectivity index is 2.18. The van der Waals surface area contributed by atoms with E-state index in [9.17, 15) is 18.3 Å². The van der Waals surface area contributed by atoms with Crippen LogP contribution in [-0.4, -0.2) is 11.7 Å². The second-order valence-corrected chi connectivity index (χ2v) is 4.28. The Morgan fingerprint density at radius 2 is 2.10 bits per heavy atom. The number of hydrogen-bond acceptors (Lipinski definition) is 4. The van der Waals surface area contributed by atoms with Crippen molar-refractivity contribution in [2.24, 2.45) is 0 Å². The van der Waals surface area contributed by atoms with Gasteiger partial charge in [0.25, 0.3) is 0 Å². The van der Waals surface area contributed by atoms with Crippen molar-refractivity contribution in [2.45, 2.75) is 12.3 Å². The first-order chi connectivity index (χ1) is 9.91. The summed E-state index contributed by atoms with van der Waals surface area (Å²) >= 11 is 0. The van der Waals surface area contributed by atoms with Crippen LogP contribution in [0.1, 0.15) is 23.0 Å². The third kappa shape index (κ3) is 3.55. The first-order valence-corrected chi connectivity index (χ1v) is 5.98. The van der Waals surface area contributed by atoms with Crippen molar-refractivity contribution in [3.05, 3.63) is 53.5 Å². The summed E-state index contributed by atoms with van der Waals surface area (Å²) in [4.78, 5) is 0. The molecule has 4 nitrogen and oxygen atoms in total. The summed E-state index contributed by atoms with van der Waals surface area (Å²) in [5, 5.41) is 21.0. The van der Waals surface area contributed by atoms with Crippen LogP contribution in [0.4, 0.5) is 18.9 Å². The van der Waals surface area contributed by atoms with Gasteiger partial charge in [-0.2, -0.15) is 18.4 Å². The number of anilines is 1. The Morgan fingerprint density at radius 1 is 1.33 bits per heavy atom. The van der Waals surface area contributed by atoms with Gasteiger partial charge >= 0.3 is 6.18 Å². The Kier molecular flexibility index (Phi) is 4.19. The minimum absolute atomic E-state index is 0.0838. The van der Waals surface area contributed by atoms with Crippen molar-refractivity contribution in [1.82, 2.24) is 0 Å². The number of alkyl halides is 3. The summed E-state index contributed by atoms with van der Waals surface area (Å²) in [7, 11) is 0. The standard InChI is InChI=1S/C14H11F3N2O2/c15-14(16,17)10-6-9(7-18)3-4-11(10)19-8-12(20)13-2-1-5-21-13/h1-6,12,19-20H,8H2/t12-/m1/s1. The lowest BCUT2D eigenvalue weighted by atomic mass is 10.1. The van der Waals surface area contributed by atoms with E-state index in [0.29, 0.717) is 0 Å². The minimum atomic E-state index is -4.59. The SMILES string of the molecule is N#Cc1ccc(NC[C@@H](O)c2ccco2)c(C(F)(F)F)c1. The molecule has 1 aromatic carbocycles. The smallest absolute Gasteiger partial charge is 0.418 e. The van der Waals surface area contributed by atoms with E-state index in [0.717, 1.165) is 12.1 Å². The second kappa shape index (κ2) is 5.89. The normalized spacial score (nSPS) is 12.7. The number of hydrogen-bond donors (Lipinski definition) is 2. The maximum absolute atomic E-state index is 12.9. The molecule has 1 heterocycles. The number of nitrogens with one attached hydrogen (secondary N) is 1. The van der Waals surface area contributed by atoms with Gasteiger partial charge < -0.3 is 14.8 Å². The molecular formula is C14H11F3N2O2. The monoisotopic (exact) mass is 296 g/mol. The molecule has 2 N–H and O–H groups in total. The Bertz CT molecular complexity index is 645. The van der Waals surface area contributed by atoms with Gasteiger partial charge in [0.1, 0.15) is 11.9 Å². The number of nitriles is 1. The fourth-order valence-corrected chi connectivity index (χ4v) is 1.79. The summed E-state index contributed by atoms with van der Waals surface area (Å²) in [6.07, 6.45) is -4.30. The minimum Gasteiger partial charge on any atom is -0.467 e. The molecule has 1 atom stereocenters. The molecule has 0 saturated carbocycles. The highest BCUT2D eigenvalue weighted by Crippen LogP contribution is 2.35. The van der Waals surface area contributed by atoms with Gasteiger partial charge in [-0.25, -0.2) is 0 Å². The molecule has 0 spiro atoms. The molecule has 7 heteroatoms. The lowest BCUT2D eigenvalue weighted by Crippen LogP contribution is -2.16. The molecule has 0 unspecified atom stereocenters. The van der Waals surface area contributed by atoms with Crippen LogP contribution in [0.3, 0.4) is 0 Å². The van der Waals surface area contributed by atoms with Gasteiger partial charge in [-0.1, -0.05) is 0 Å². The van der Waals surface area contributed by atoms with E-state index in [1.54, 1.807) is 12.1 Å². The molecule has 2 aromatic rings. The van der Waals surface area contributed by atoms with Crippen LogP contribution >= 0.6 is 0 Å². The van der Waals surface area contributed by atoms with E-state index in [1.807, 2.05) is 0 Å². The van der Waals surface area contributed by atoms with Gasteiger partial charge in [0.2, 0.25) is 0 Å². The zero-order valence-electron chi connectivity index (χ0n) is 10.7. The van der Waals surface area contributed by atoms with E-state index < -0.39 is 17.8 Å².